The second kappa shape index (κ2) is 9.80. The molecule has 0 saturated heterocycles. The van der Waals surface area contributed by atoms with E-state index in [9.17, 15) is 0 Å². The number of para-hydroxylation sites is 2. The van der Waals surface area contributed by atoms with Crippen LogP contribution in [0.1, 0.15) is 44.9 Å². The highest BCUT2D eigenvalue weighted by Gasteiger charge is 2.11. The van der Waals surface area contributed by atoms with Gasteiger partial charge in [0.15, 0.2) is 11.0 Å². The summed E-state index contributed by atoms with van der Waals surface area (Å²) in [5.74, 6) is 0. The molecule has 1 aromatic heterocycles. The number of hydrogen-bond acceptors (Lipinski definition) is 1. The Balaban J connectivity index is 0.00000220. The topological polar surface area (TPSA) is 29.0 Å². The van der Waals surface area contributed by atoms with E-state index in [0.29, 0.717) is 6.61 Å². The van der Waals surface area contributed by atoms with Gasteiger partial charge in [-0.15, -0.1) is 0 Å². The molecule has 1 aromatic carbocycles. The maximum Gasteiger partial charge on any atom is 0.244 e. The van der Waals surface area contributed by atoms with E-state index in [1.807, 2.05) is 0 Å². The maximum atomic E-state index is 8.72. The summed E-state index contributed by atoms with van der Waals surface area (Å²) in [5.41, 5.74) is 2.63. The fourth-order valence-electron chi connectivity index (χ4n) is 2.79. The summed E-state index contributed by atoms with van der Waals surface area (Å²) in [6.07, 6.45) is 10.8. The van der Waals surface area contributed by atoms with Gasteiger partial charge in [0.25, 0.3) is 0 Å². The first-order valence-corrected chi connectivity index (χ1v) is 7.87. The first-order chi connectivity index (χ1) is 9.83. The van der Waals surface area contributed by atoms with Crippen LogP contribution < -0.4 is 17.0 Å². The lowest BCUT2D eigenvalue weighted by Gasteiger charge is -2.00. The third-order valence-corrected chi connectivity index (χ3v) is 3.94. The van der Waals surface area contributed by atoms with Crippen molar-refractivity contribution in [3.05, 3.63) is 30.6 Å². The molecule has 21 heavy (non-hydrogen) atoms. The molecular formula is C17H27ClN2O. The number of halogens is 1. The molecule has 3 nitrogen and oxygen atoms in total. The minimum atomic E-state index is 0. The normalized spacial score (nSPS) is 10.8. The molecule has 118 valence electrons. The van der Waals surface area contributed by atoms with Crippen LogP contribution in [-0.2, 0) is 13.6 Å². The van der Waals surface area contributed by atoms with Crippen molar-refractivity contribution in [2.24, 2.45) is 7.05 Å². The van der Waals surface area contributed by atoms with E-state index in [2.05, 4.69) is 46.8 Å². The summed E-state index contributed by atoms with van der Waals surface area (Å²) >= 11 is 0. The molecule has 0 radical (unpaired) electrons. The van der Waals surface area contributed by atoms with E-state index in [-0.39, 0.29) is 12.4 Å². The molecule has 0 aliphatic heterocycles. The van der Waals surface area contributed by atoms with Gasteiger partial charge in [0.05, 0.1) is 13.6 Å². The summed E-state index contributed by atoms with van der Waals surface area (Å²) in [7, 11) is 2.11. The number of nitrogens with zero attached hydrogens (tertiary/aromatic N) is 2. The van der Waals surface area contributed by atoms with Crippen molar-refractivity contribution >= 4 is 11.0 Å². The van der Waals surface area contributed by atoms with Crippen molar-refractivity contribution < 1.29 is 22.1 Å². The van der Waals surface area contributed by atoms with Gasteiger partial charge in [-0.2, -0.15) is 0 Å². The van der Waals surface area contributed by atoms with Crippen LogP contribution in [0.15, 0.2) is 30.6 Å². The van der Waals surface area contributed by atoms with Crippen LogP contribution in [0.2, 0.25) is 0 Å². The van der Waals surface area contributed by atoms with Crippen molar-refractivity contribution in [1.29, 1.82) is 0 Å². The van der Waals surface area contributed by atoms with Crippen molar-refractivity contribution in [3.8, 4) is 0 Å². The van der Waals surface area contributed by atoms with Crippen LogP contribution in [0.3, 0.4) is 0 Å². The van der Waals surface area contributed by atoms with Crippen LogP contribution in [0.5, 0.6) is 0 Å². The van der Waals surface area contributed by atoms with Crippen LogP contribution >= 0.6 is 0 Å². The van der Waals surface area contributed by atoms with Gasteiger partial charge in [0.2, 0.25) is 6.33 Å². The highest BCUT2D eigenvalue weighted by atomic mass is 35.5. The Bertz CT molecular complexity index is 524. The zero-order valence-electron chi connectivity index (χ0n) is 13.0. The fourth-order valence-corrected chi connectivity index (χ4v) is 2.79. The molecular weight excluding hydrogens is 284 g/mol. The van der Waals surface area contributed by atoms with Gasteiger partial charge in [-0.05, 0) is 31.4 Å². The van der Waals surface area contributed by atoms with E-state index >= 15 is 0 Å². The van der Waals surface area contributed by atoms with Gasteiger partial charge < -0.3 is 17.5 Å². The number of rotatable bonds is 9. The van der Waals surface area contributed by atoms with Gasteiger partial charge in [0, 0.05) is 6.61 Å². The molecule has 0 atom stereocenters. The molecule has 0 saturated carbocycles. The average Bonchev–Trinajstić information content (AvgIpc) is 2.79. The lowest BCUT2D eigenvalue weighted by molar-refractivity contribution is -0.645. The Kier molecular flexibility index (Phi) is 8.40. The summed E-state index contributed by atoms with van der Waals surface area (Å²) in [6, 6.07) is 8.58. The number of imidazole rings is 1. The molecule has 2 rings (SSSR count). The molecule has 0 unspecified atom stereocenters. The monoisotopic (exact) mass is 310 g/mol. The number of unbranched alkanes of at least 4 members (excludes halogenated alkanes) is 6. The SMILES string of the molecule is C[n+]1cn(CCCCCCCCCO)c2ccccc21.[Cl-]. The predicted octanol–water partition coefficient (Wildman–Crippen LogP) is 0.193. The van der Waals surface area contributed by atoms with Crippen LogP contribution in [0.4, 0.5) is 0 Å². The zero-order valence-corrected chi connectivity index (χ0v) is 13.7. The summed E-state index contributed by atoms with van der Waals surface area (Å²) in [6.45, 7) is 1.45. The van der Waals surface area contributed by atoms with Crippen molar-refractivity contribution in [2.45, 2.75) is 51.5 Å². The van der Waals surface area contributed by atoms with Crippen molar-refractivity contribution in [2.75, 3.05) is 6.61 Å². The van der Waals surface area contributed by atoms with Crippen LogP contribution in [0.25, 0.3) is 11.0 Å². The van der Waals surface area contributed by atoms with Gasteiger partial charge >= 0.3 is 0 Å². The quantitative estimate of drug-likeness (QED) is 0.520. The molecule has 0 aliphatic rings. The highest BCUT2D eigenvalue weighted by Crippen LogP contribution is 2.12. The molecule has 1 N–H and O–H groups in total. The first kappa shape index (κ1) is 18.0. The molecule has 1 heterocycles. The Morgan fingerprint density at radius 2 is 1.57 bits per heavy atom. The molecule has 0 spiro atoms. The second-order valence-electron chi connectivity index (χ2n) is 5.61. The van der Waals surface area contributed by atoms with E-state index in [4.69, 9.17) is 5.11 Å². The summed E-state index contributed by atoms with van der Waals surface area (Å²) in [4.78, 5) is 0. The summed E-state index contributed by atoms with van der Waals surface area (Å²) in [5, 5.41) is 8.72. The number of hydrogen-bond donors (Lipinski definition) is 1. The molecule has 0 fully saturated rings. The lowest BCUT2D eigenvalue weighted by atomic mass is 10.1. The minimum absolute atomic E-state index is 0. The van der Waals surface area contributed by atoms with E-state index in [0.717, 1.165) is 13.0 Å². The highest BCUT2D eigenvalue weighted by molar-refractivity contribution is 5.71. The Hall–Kier alpha value is -1.06. The van der Waals surface area contributed by atoms with Gasteiger partial charge in [-0.25, -0.2) is 9.13 Å². The fraction of sp³-hybridized carbons (Fsp3) is 0.588. The van der Waals surface area contributed by atoms with Gasteiger partial charge in [0.1, 0.15) is 0 Å². The van der Waals surface area contributed by atoms with E-state index in [1.165, 1.54) is 49.6 Å². The number of aliphatic hydroxyl groups is 1. The smallest absolute Gasteiger partial charge is 0.244 e. The molecule has 0 aliphatic carbocycles. The minimum Gasteiger partial charge on any atom is -1.00 e. The Morgan fingerprint density at radius 3 is 2.29 bits per heavy atom. The third-order valence-electron chi connectivity index (χ3n) is 3.94. The van der Waals surface area contributed by atoms with Crippen molar-refractivity contribution in [1.82, 2.24) is 4.57 Å². The lowest BCUT2D eigenvalue weighted by Crippen LogP contribution is -3.00. The third kappa shape index (κ3) is 5.33. The zero-order chi connectivity index (χ0) is 14.2. The number of benzene rings is 1. The number of aliphatic hydroxyl groups excluding tert-OH is 1. The van der Waals surface area contributed by atoms with E-state index < -0.39 is 0 Å². The first-order valence-electron chi connectivity index (χ1n) is 7.87. The average molecular weight is 311 g/mol. The van der Waals surface area contributed by atoms with E-state index in [1.54, 1.807) is 0 Å². The number of fused-ring (bicyclic) bond motifs is 1. The Morgan fingerprint density at radius 1 is 0.952 bits per heavy atom. The van der Waals surface area contributed by atoms with Gasteiger partial charge in [-0.1, -0.05) is 37.8 Å². The second-order valence-corrected chi connectivity index (χ2v) is 5.61. The summed E-state index contributed by atoms with van der Waals surface area (Å²) < 4.78 is 4.56. The van der Waals surface area contributed by atoms with Crippen LogP contribution in [0, 0.1) is 0 Å². The van der Waals surface area contributed by atoms with Gasteiger partial charge in [-0.3, -0.25) is 0 Å². The molecule has 0 amide bonds. The van der Waals surface area contributed by atoms with Crippen LogP contribution in [-0.4, -0.2) is 16.3 Å². The standard InChI is InChI=1S/C17H27N2O.ClH/c1-18-15-19(17-12-8-7-11-16(17)18)13-9-5-3-2-4-6-10-14-20;/h7-8,11-12,15,20H,2-6,9-10,13-14H2,1H3;1H/q+1;/p-1. The number of aromatic nitrogens is 2. The largest absolute Gasteiger partial charge is 1.00 e. The van der Waals surface area contributed by atoms with Crippen molar-refractivity contribution in [3.63, 3.8) is 0 Å². The molecule has 4 heteroatoms. The number of aryl methyl sites for hydroxylation is 2. The molecule has 0 bridgehead atoms. The Labute approximate surface area is 134 Å². The maximum absolute atomic E-state index is 8.72. The molecule has 2 aromatic rings. The predicted molar refractivity (Wildman–Crippen MR) is 82.5 cm³/mol.